The second-order valence-electron chi connectivity index (χ2n) is 10.3. The van der Waals surface area contributed by atoms with Crippen LogP contribution in [0.25, 0.3) is 0 Å². The maximum Gasteiger partial charge on any atom is 0.188 e. The van der Waals surface area contributed by atoms with E-state index in [1.54, 1.807) is 7.11 Å². The van der Waals surface area contributed by atoms with Crippen LogP contribution in [0.3, 0.4) is 0 Å². The number of nitrogens with zero attached hydrogens (tertiary/aromatic N) is 1. The summed E-state index contributed by atoms with van der Waals surface area (Å²) >= 11 is 0. The summed E-state index contributed by atoms with van der Waals surface area (Å²) in [4.78, 5) is 2.01. The van der Waals surface area contributed by atoms with Gasteiger partial charge in [-0.3, -0.25) is 0 Å². The molecule has 1 unspecified atom stereocenters. The number of hydrogen-bond acceptors (Lipinski definition) is 8. The van der Waals surface area contributed by atoms with E-state index in [-0.39, 0.29) is 31.0 Å². The third-order valence-corrected chi connectivity index (χ3v) is 6.91. The van der Waals surface area contributed by atoms with Crippen molar-refractivity contribution in [3.63, 3.8) is 0 Å². The van der Waals surface area contributed by atoms with Gasteiger partial charge in [0.15, 0.2) is 18.9 Å². The van der Waals surface area contributed by atoms with E-state index in [0.29, 0.717) is 24.2 Å². The van der Waals surface area contributed by atoms with Crippen LogP contribution in [0.5, 0.6) is 5.75 Å². The predicted octanol–water partition coefficient (Wildman–Crippen LogP) is 3.76. The molecule has 0 amide bonds. The van der Waals surface area contributed by atoms with Gasteiger partial charge in [0.05, 0.1) is 23.9 Å². The Labute approximate surface area is 204 Å². The molecule has 0 aromatic heterocycles. The Morgan fingerprint density at radius 2 is 1.82 bits per heavy atom. The zero-order valence-electron chi connectivity index (χ0n) is 21.7. The topological polar surface area (TPSA) is 89.9 Å². The second kappa shape index (κ2) is 11.5. The van der Waals surface area contributed by atoms with Gasteiger partial charge < -0.3 is 38.8 Å². The number of anilines is 1. The molecule has 1 aromatic rings. The van der Waals surface area contributed by atoms with Gasteiger partial charge in [0.25, 0.3) is 0 Å². The van der Waals surface area contributed by atoms with E-state index >= 15 is 0 Å². The Balaban J connectivity index is 1.98. The number of aliphatic hydroxyl groups excluding tert-OH is 2. The molecule has 2 N–H and O–H groups in total. The minimum atomic E-state index is -1.14. The van der Waals surface area contributed by atoms with Gasteiger partial charge >= 0.3 is 0 Å². The van der Waals surface area contributed by atoms with Gasteiger partial charge in [-0.1, -0.05) is 6.92 Å². The first-order chi connectivity index (χ1) is 16.0. The predicted molar refractivity (Wildman–Crippen MR) is 130 cm³/mol. The first-order valence-electron chi connectivity index (χ1n) is 12.4. The smallest absolute Gasteiger partial charge is 0.188 e. The number of hydrogen-bond donors (Lipinski definition) is 2. The van der Waals surface area contributed by atoms with E-state index < -0.39 is 18.2 Å². The molecule has 1 fully saturated rings. The Morgan fingerprint density at radius 1 is 1.09 bits per heavy atom. The molecule has 0 radical (unpaired) electrons. The molecule has 34 heavy (non-hydrogen) atoms. The second-order valence-corrected chi connectivity index (χ2v) is 10.3. The van der Waals surface area contributed by atoms with E-state index in [9.17, 15) is 10.2 Å². The van der Waals surface area contributed by atoms with Crippen LogP contribution in [-0.4, -0.2) is 68.4 Å². The molecule has 1 saturated heterocycles. The van der Waals surface area contributed by atoms with Crippen LogP contribution >= 0.6 is 0 Å². The standard InChI is InChI=1S/C26H43NO7/c1-16-11-12-20(28)24-21(33-26(3,4)34-24)10-8-9-18-13-19(27(5)6)14-22(31-15-30-7)23(18)25(29)32-17(16)2/h13-14,16-17,20-21,24-25,28-29H,8-12,15H2,1-7H3/t16-,17+,20?,21+,24-,25+/m1/s1. The van der Waals surface area contributed by atoms with Gasteiger partial charge in [0, 0.05) is 33.0 Å². The molecular weight excluding hydrogens is 438 g/mol. The van der Waals surface area contributed by atoms with Crippen molar-refractivity contribution in [2.45, 2.75) is 96.3 Å². The highest BCUT2D eigenvalue weighted by Crippen LogP contribution is 2.38. The van der Waals surface area contributed by atoms with Crippen molar-refractivity contribution in [1.29, 1.82) is 0 Å². The number of aryl methyl sites for hydroxylation is 1. The van der Waals surface area contributed by atoms with Crippen molar-refractivity contribution in [3.8, 4) is 5.75 Å². The third-order valence-electron chi connectivity index (χ3n) is 6.91. The third kappa shape index (κ3) is 6.62. The maximum atomic E-state index is 11.2. The van der Waals surface area contributed by atoms with Gasteiger partial charge in [-0.2, -0.15) is 0 Å². The van der Waals surface area contributed by atoms with Crippen LogP contribution in [0.4, 0.5) is 5.69 Å². The van der Waals surface area contributed by atoms with Crippen LogP contribution < -0.4 is 9.64 Å². The molecule has 0 spiro atoms. The van der Waals surface area contributed by atoms with E-state index in [4.69, 9.17) is 23.7 Å². The lowest BCUT2D eigenvalue weighted by Gasteiger charge is -2.29. The van der Waals surface area contributed by atoms with Crippen LogP contribution in [0, 0.1) is 5.92 Å². The summed E-state index contributed by atoms with van der Waals surface area (Å²) in [5, 5.41) is 22.1. The van der Waals surface area contributed by atoms with Gasteiger partial charge in [0.1, 0.15) is 11.9 Å². The summed E-state index contributed by atoms with van der Waals surface area (Å²) in [5.41, 5.74) is 2.56. The molecule has 6 atom stereocenters. The largest absolute Gasteiger partial charge is 0.467 e. The molecule has 3 rings (SSSR count). The fraction of sp³-hybridized carbons (Fsp3) is 0.769. The Bertz CT molecular complexity index is 800. The van der Waals surface area contributed by atoms with Crippen molar-refractivity contribution in [2.75, 3.05) is 32.9 Å². The number of benzene rings is 1. The molecule has 0 bridgehead atoms. The summed E-state index contributed by atoms with van der Waals surface area (Å²) < 4.78 is 29.4. The molecule has 8 nitrogen and oxygen atoms in total. The molecule has 2 aliphatic rings. The summed E-state index contributed by atoms with van der Waals surface area (Å²) in [7, 11) is 5.51. The highest BCUT2D eigenvalue weighted by molar-refractivity contribution is 5.57. The van der Waals surface area contributed by atoms with E-state index in [0.717, 1.165) is 30.5 Å². The summed E-state index contributed by atoms with van der Waals surface area (Å²) in [6.45, 7) is 7.89. The number of fused-ring (bicyclic) bond motifs is 2. The zero-order chi connectivity index (χ0) is 25.0. The number of methoxy groups -OCH3 is 1. The molecule has 194 valence electrons. The van der Waals surface area contributed by atoms with Crippen molar-refractivity contribution in [3.05, 3.63) is 23.3 Å². The normalized spacial score (nSPS) is 32.4. The van der Waals surface area contributed by atoms with Gasteiger partial charge in [0.2, 0.25) is 0 Å². The van der Waals surface area contributed by atoms with Gasteiger partial charge in [-0.05, 0) is 70.4 Å². The lowest BCUT2D eigenvalue weighted by atomic mass is 9.92. The van der Waals surface area contributed by atoms with Crippen molar-refractivity contribution in [1.82, 2.24) is 0 Å². The van der Waals surface area contributed by atoms with Crippen LogP contribution in [0.15, 0.2) is 12.1 Å². The average Bonchev–Trinajstić information content (AvgIpc) is 3.08. The summed E-state index contributed by atoms with van der Waals surface area (Å²) in [6, 6.07) is 3.98. The monoisotopic (exact) mass is 481 g/mol. The molecule has 1 aromatic carbocycles. The first-order valence-corrected chi connectivity index (χ1v) is 12.4. The van der Waals surface area contributed by atoms with Gasteiger partial charge in [-0.25, -0.2) is 0 Å². The summed E-state index contributed by atoms with van der Waals surface area (Å²) in [6.07, 6.45) is 0.998. The number of ether oxygens (including phenoxy) is 5. The van der Waals surface area contributed by atoms with Crippen molar-refractivity contribution in [2.24, 2.45) is 5.92 Å². The van der Waals surface area contributed by atoms with E-state index in [1.165, 1.54) is 0 Å². The highest BCUT2D eigenvalue weighted by Gasteiger charge is 2.44. The maximum absolute atomic E-state index is 11.2. The van der Waals surface area contributed by atoms with Crippen molar-refractivity contribution < 1.29 is 33.9 Å². The van der Waals surface area contributed by atoms with Crippen molar-refractivity contribution >= 4 is 5.69 Å². The fourth-order valence-corrected chi connectivity index (χ4v) is 4.80. The molecule has 8 heteroatoms. The van der Waals surface area contributed by atoms with E-state index in [2.05, 4.69) is 13.0 Å². The number of rotatable bonds is 4. The molecular formula is C26H43NO7. The van der Waals surface area contributed by atoms with E-state index in [1.807, 2.05) is 45.8 Å². The molecule has 2 heterocycles. The quantitative estimate of drug-likeness (QED) is 0.629. The summed E-state index contributed by atoms with van der Waals surface area (Å²) in [5.74, 6) is -0.0501. The fourth-order valence-electron chi connectivity index (χ4n) is 4.80. The number of aliphatic hydroxyl groups is 2. The lowest BCUT2D eigenvalue weighted by Crippen LogP contribution is -2.36. The highest BCUT2D eigenvalue weighted by atomic mass is 16.8. The van der Waals surface area contributed by atoms with Gasteiger partial charge in [-0.15, -0.1) is 0 Å². The minimum Gasteiger partial charge on any atom is -0.467 e. The lowest BCUT2D eigenvalue weighted by molar-refractivity contribution is -0.158. The minimum absolute atomic E-state index is 0.0733. The van der Waals surface area contributed by atoms with Crippen LogP contribution in [-0.2, 0) is 25.4 Å². The first kappa shape index (κ1) is 27.2. The average molecular weight is 482 g/mol. The Morgan fingerprint density at radius 3 is 2.50 bits per heavy atom. The SMILES string of the molecule is COCOc1cc(N(C)C)cc2c1[C@@H](O)O[C@@H](C)[C@H](C)CCC(O)[C@H]1OC(C)(C)O[C@H]1CCC2. The van der Waals surface area contributed by atoms with Crippen LogP contribution in [0.1, 0.15) is 70.8 Å². The molecule has 2 aliphatic heterocycles. The Hall–Kier alpha value is -1.42. The molecule has 0 saturated carbocycles. The zero-order valence-corrected chi connectivity index (χ0v) is 21.7. The van der Waals surface area contributed by atoms with Crippen LogP contribution in [0.2, 0.25) is 0 Å². The Kier molecular flexibility index (Phi) is 9.23. The molecule has 0 aliphatic carbocycles.